The summed E-state index contributed by atoms with van der Waals surface area (Å²) in [6.45, 7) is 0.724. The van der Waals surface area contributed by atoms with Gasteiger partial charge in [-0.15, -0.1) is 0 Å². The molecule has 1 aromatic carbocycles. The Labute approximate surface area is 99.9 Å². The van der Waals surface area contributed by atoms with Crippen molar-refractivity contribution in [2.45, 2.75) is 6.54 Å². The summed E-state index contributed by atoms with van der Waals surface area (Å²) < 4.78 is 0. The van der Waals surface area contributed by atoms with Gasteiger partial charge in [0.05, 0.1) is 0 Å². The number of anilines is 1. The van der Waals surface area contributed by atoms with Crippen LogP contribution in [0, 0.1) is 0 Å². The Hall–Kier alpha value is -1.81. The van der Waals surface area contributed by atoms with E-state index in [2.05, 4.69) is 15.6 Å². The molecular weight excluding hydrogens is 218 g/mol. The van der Waals surface area contributed by atoms with Gasteiger partial charge in [0.2, 0.25) is 0 Å². The van der Waals surface area contributed by atoms with Crippen molar-refractivity contribution in [3.8, 4) is 0 Å². The molecule has 3 N–H and O–H groups in total. The quantitative estimate of drug-likeness (QED) is 0.711. The van der Waals surface area contributed by atoms with Gasteiger partial charge in [-0.1, -0.05) is 18.2 Å². The first-order valence-corrected chi connectivity index (χ1v) is 5.47. The van der Waals surface area contributed by atoms with Crippen LogP contribution in [-0.2, 0) is 6.54 Å². The molecule has 0 unspecified atom stereocenters. The lowest BCUT2D eigenvalue weighted by molar-refractivity contribution is 0.927. The van der Waals surface area contributed by atoms with E-state index < -0.39 is 0 Å². The second kappa shape index (κ2) is 5.32. The number of aromatic nitrogens is 1. The number of hydrogen-bond donors (Lipinski definition) is 3. The first-order valence-electron chi connectivity index (χ1n) is 5.06. The van der Waals surface area contributed by atoms with Crippen molar-refractivity contribution < 1.29 is 0 Å². The fourth-order valence-electron chi connectivity index (χ4n) is 1.35. The van der Waals surface area contributed by atoms with Gasteiger partial charge in [-0.05, 0) is 36.0 Å². The van der Waals surface area contributed by atoms with Crippen molar-refractivity contribution in [3.05, 3.63) is 54.4 Å². The monoisotopic (exact) mass is 231 g/mol. The summed E-state index contributed by atoms with van der Waals surface area (Å²) in [5, 5.41) is 6.88. The predicted molar refractivity (Wildman–Crippen MR) is 70.3 cm³/mol. The molecule has 0 amide bonds. The highest BCUT2D eigenvalue weighted by Gasteiger charge is 1.97. The molecule has 0 radical (unpaired) electrons. The maximum Gasteiger partial charge on any atom is 0.171 e. The van der Waals surface area contributed by atoms with E-state index in [1.165, 1.54) is 5.56 Å². The largest absolute Gasteiger partial charge is 0.367 e. The van der Waals surface area contributed by atoms with E-state index in [1.807, 2.05) is 48.8 Å². The second-order valence-electron chi connectivity index (χ2n) is 3.39. The molecule has 0 aliphatic heterocycles. The van der Waals surface area contributed by atoms with Crippen LogP contribution in [0.15, 0.2) is 48.8 Å². The van der Waals surface area contributed by atoms with E-state index >= 15 is 0 Å². The van der Waals surface area contributed by atoms with E-state index in [9.17, 15) is 0 Å². The Morgan fingerprint density at radius 3 is 2.69 bits per heavy atom. The number of nitrogens with one attached hydrogen (secondary N) is 3. The summed E-state index contributed by atoms with van der Waals surface area (Å²) in [6.07, 6.45) is 3.84. The van der Waals surface area contributed by atoms with E-state index in [-0.39, 0.29) is 0 Å². The average molecular weight is 231 g/mol. The highest BCUT2D eigenvalue weighted by molar-refractivity contribution is 7.80. The molecule has 0 saturated carbocycles. The van der Waals surface area contributed by atoms with Crippen LogP contribution in [0.5, 0.6) is 0 Å². The first kappa shape index (κ1) is 10.7. The molecule has 3 nitrogen and oxygen atoms in total. The van der Waals surface area contributed by atoms with Gasteiger partial charge in [0, 0.05) is 24.6 Å². The molecule has 1 aromatic heterocycles. The van der Waals surface area contributed by atoms with E-state index in [0.29, 0.717) is 5.11 Å². The number of para-hydroxylation sites is 1. The number of aromatic amines is 1. The number of thiocarbonyl (C=S) groups is 1. The molecule has 0 aliphatic carbocycles. The topological polar surface area (TPSA) is 39.9 Å². The Morgan fingerprint density at radius 2 is 2.00 bits per heavy atom. The van der Waals surface area contributed by atoms with E-state index in [4.69, 9.17) is 12.2 Å². The van der Waals surface area contributed by atoms with Crippen LogP contribution in [0.2, 0.25) is 0 Å². The van der Waals surface area contributed by atoms with Gasteiger partial charge in [0.15, 0.2) is 5.11 Å². The van der Waals surface area contributed by atoms with Gasteiger partial charge in [-0.25, -0.2) is 0 Å². The molecule has 1 heterocycles. The van der Waals surface area contributed by atoms with Crippen LogP contribution in [0.4, 0.5) is 5.69 Å². The van der Waals surface area contributed by atoms with Crippen LogP contribution in [0.3, 0.4) is 0 Å². The second-order valence-corrected chi connectivity index (χ2v) is 3.80. The zero-order valence-electron chi connectivity index (χ0n) is 8.73. The summed E-state index contributed by atoms with van der Waals surface area (Å²) in [7, 11) is 0. The molecule has 0 fully saturated rings. The summed E-state index contributed by atoms with van der Waals surface area (Å²) >= 11 is 5.18. The molecule has 0 bridgehead atoms. The Kier molecular flexibility index (Phi) is 3.56. The molecule has 82 valence electrons. The van der Waals surface area contributed by atoms with Gasteiger partial charge < -0.3 is 15.6 Å². The van der Waals surface area contributed by atoms with Crippen LogP contribution in [0.25, 0.3) is 0 Å². The lowest BCUT2D eigenvalue weighted by Gasteiger charge is -2.09. The number of benzene rings is 1. The predicted octanol–water partition coefficient (Wildman–Crippen LogP) is 2.50. The summed E-state index contributed by atoms with van der Waals surface area (Å²) in [6, 6.07) is 11.9. The highest BCUT2D eigenvalue weighted by Crippen LogP contribution is 2.04. The minimum absolute atomic E-state index is 0.632. The fourth-order valence-corrected chi connectivity index (χ4v) is 1.54. The zero-order chi connectivity index (χ0) is 11.2. The lowest BCUT2D eigenvalue weighted by Crippen LogP contribution is -2.27. The maximum atomic E-state index is 5.18. The van der Waals surface area contributed by atoms with Crippen molar-refractivity contribution in [2.75, 3.05) is 5.32 Å². The molecular formula is C12H13N3S. The third-order valence-corrected chi connectivity index (χ3v) is 2.39. The van der Waals surface area contributed by atoms with Crippen molar-refractivity contribution in [2.24, 2.45) is 0 Å². The van der Waals surface area contributed by atoms with Crippen LogP contribution in [0.1, 0.15) is 5.56 Å². The lowest BCUT2D eigenvalue weighted by atomic mass is 10.3. The van der Waals surface area contributed by atoms with Crippen LogP contribution >= 0.6 is 12.2 Å². The highest BCUT2D eigenvalue weighted by atomic mass is 32.1. The third-order valence-electron chi connectivity index (χ3n) is 2.15. The SMILES string of the molecule is S=C(NCc1cc[nH]c1)Nc1ccccc1. The van der Waals surface area contributed by atoms with Crippen molar-refractivity contribution in [1.82, 2.24) is 10.3 Å². The van der Waals surface area contributed by atoms with E-state index in [0.717, 1.165) is 12.2 Å². The zero-order valence-corrected chi connectivity index (χ0v) is 9.55. The van der Waals surface area contributed by atoms with Crippen molar-refractivity contribution in [3.63, 3.8) is 0 Å². The molecule has 0 aliphatic rings. The molecule has 4 heteroatoms. The molecule has 2 rings (SSSR count). The molecule has 16 heavy (non-hydrogen) atoms. The van der Waals surface area contributed by atoms with Crippen molar-refractivity contribution in [1.29, 1.82) is 0 Å². The Morgan fingerprint density at radius 1 is 1.19 bits per heavy atom. The van der Waals surface area contributed by atoms with Gasteiger partial charge >= 0.3 is 0 Å². The van der Waals surface area contributed by atoms with Gasteiger partial charge in [-0.3, -0.25) is 0 Å². The number of H-pyrrole nitrogens is 1. The molecule has 2 aromatic rings. The maximum absolute atomic E-state index is 5.18. The molecule has 0 spiro atoms. The summed E-state index contributed by atoms with van der Waals surface area (Å²) in [4.78, 5) is 3.00. The normalized spacial score (nSPS) is 9.75. The van der Waals surface area contributed by atoms with Gasteiger partial charge in [0.25, 0.3) is 0 Å². The molecule has 0 saturated heterocycles. The fraction of sp³-hybridized carbons (Fsp3) is 0.0833. The van der Waals surface area contributed by atoms with Gasteiger partial charge in [0.1, 0.15) is 0 Å². The third kappa shape index (κ3) is 3.10. The molecule has 0 atom stereocenters. The number of hydrogen-bond acceptors (Lipinski definition) is 1. The van der Waals surface area contributed by atoms with Gasteiger partial charge in [-0.2, -0.15) is 0 Å². The number of rotatable bonds is 3. The minimum Gasteiger partial charge on any atom is -0.367 e. The smallest absolute Gasteiger partial charge is 0.171 e. The van der Waals surface area contributed by atoms with Crippen molar-refractivity contribution >= 4 is 23.0 Å². The standard InChI is InChI=1S/C12H13N3S/c16-12(14-9-10-6-7-13-8-10)15-11-4-2-1-3-5-11/h1-8,13H,9H2,(H2,14,15,16). The Balaban J connectivity index is 1.81. The summed E-state index contributed by atoms with van der Waals surface area (Å²) in [5.74, 6) is 0. The van der Waals surface area contributed by atoms with E-state index in [1.54, 1.807) is 0 Å². The first-order chi connectivity index (χ1) is 7.84. The Bertz CT molecular complexity index is 437. The average Bonchev–Trinajstić information content (AvgIpc) is 2.81. The summed E-state index contributed by atoms with van der Waals surface area (Å²) in [5.41, 5.74) is 2.17. The van der Waals surface area contributed by atoms with Crippen LogP contribution in [-0.4, -0.2) is 10.1 Å². The minimum atomic E-state index is 0.632. The van der Waals surface area contributed by atoms with Crippen LogP contribution < -0.4 is 10.6 Å².